The average Bonchev–Trinajstić information content (AvgIpc) is 2.57. The first-order valence-electron chi connectivity index (χ1n) is 8.42. The van der Waals surface area contributed by atoms with E-state index in [1.54, 1.807) is 6.08 Å². The van der Waals surface area contributed by atoms with E-state index in [0.717, 1.165) is 5.56 Å². The summed E-state index contributed by atoms with van der Waals surface area (Å²) in [5, 5.41) is 10.6. The zero-order valence-electron chi connectivity index (χ0n) is 13.4. The number of hydrogen-bond acceptors (Lipinski definition) is 2. The van der Waals surface area contributed by atoms with Crippen LogP contribution in [0.3, 0.4) is 0 Å². The molecule has 0 heterocycles. The Hall–Kier alpha value is -1.38. The molecular formula is C20H28O2. The lowest BCUT2D eigenvalue weighted by atomic mass is 9.82. The Bertz CT molecular complexity index is 446. The summed E-state index contributed by atoms with van der Waals surface area (Å²) in [6.45, 7) is 4.24. The highest BCUT2D eigenvalue weighted by molar-refractivity contribution is 5.13. The predicted octanol–water partition coefficient (Wildman–Crippen LogP) is 4.65. The summed E-state index contributed by atoms with van der Waals surface area (Å²) < 4.78 is 6.15. The van der Waals surface area contributed by atoms with Crippen molar-refractivity contribution in [1.82, 2.24) is 0 Å². The summed E-state index contributed by atoms with van der Waals surface area (Å²) >= 11 is 0. The van der Waals surface area contributed by atoms with Crippen LogP contribution in [0.25, 0.3) is 0 Å². The second kappa shape index (κ2) is 9.60. The van der Waals surface area contributed by atoms with E-state index in [1.807, 2.05) is 30.4 Å². The van der Waals surface area contributed by atoms with Crippen LogP contribution in [0.2, 0.25) is 0 Å². The fraction of sp³-hybridized carbons (Fsp3) is 0.500. The maximum Gasteiger partial charge on any atom is 0.0869 e. The molecule has 1 aromatic carbocycles. The van der Waals surface area contributed by atoms with Crippen molar-refractivity contribution in [3.8, 4) is 0 Å². The van der Waals surface area contributed by atoms with Crippen LogP contribution in [0.4, 0.5) is 0 Å². The molecule has 0 spiro atoms. The molecule has 0 saturated heterocycles. The number of aliphatic hydroxyl groups is 1. The van der Waals surface area contributed by atoms with Gasteiger partial charge in [0.05, 0.1) is 18.8 Å². The van der Waals surface area contributed by atoms with E-state index in [0.29, 0.717) is 18.9 Å². The van der Waals surface area contributed by atoms with Gasteiger partial charge in [0.25, 0.3) is 0 Å². The van der Waals surface area contributed by atoms with E-state index in [9.17, 15) is 5.11 Å². The first-order valence-corrected chi connectivity index (χ1v) is 8.42. The van der Waals surface area contributed by atoms with Gasteiger partial charge in [0.2, 0.25) is 0 Å². The van der Waals surface area contributed by atoms with Crippen LogP contribution >= 0.6 is 0 Å². The molecule has 1 aliphatic carbocycles. The quantitative estimate of drug-likeness (QED) is 0.708. The van der Waals surface area contributed by atoms with E-state index >= 15 is 0 Å². The third-order valence-electron chi connectivity index (χ3n) is 4.43. The molecule has 0 unspecified atom stereocenters. The largest absolute Gasteiger partial charge is 0.390 e. The van der Waals surface area contributed by atoms with Gasteiger partial charge in [-0.1, -0.05) is 74.4 Å². The highest BCUT2D eigenvalue weighted by Gasteiger charge is 2.29. The van der Waals surface area contributed by atoms with Gasteiger partial charge in [0, 0.05) is 0 Å². The van der Waals surface area contributed by atoms with Crippen LogP contribution in [0, 0.1) is 5.92 Å². The monoisotopic (exact) mass is 300 g/mol. The first-order chi connectivity index (χ1) is 10.8. The molecule has 0 radical (unpaired) electrons. The Balaban J connectivity index is 1.96. The standard InChI is InChI=1S/C20H28O2/c1-2-3-6-15-19(21)20(18-13-9-5-10-14-18)22-16-17-11-7-4-8-12-17/h2-4,6-8,11-12,18-21H,1,5,9-10,13-16H2/b6-3+/t19-,20-/m1/s1. The molecule has 2 nitrogen and oxygen atoms in total. The summed E-state index contributed by atoms with van der Waals surface area (Å²) in [6.07, 6.45) is 11.9. The van der Waals surface area contributed by atoms with Crippen molar-refractivity contribution in [2.45, 2.75) is 57.3 Å². The Morgan fingerprint density at radius 1 is 1.18 bits per heavy atom. The lowest BCUT2D eigenvalue weighted by Gasteiger charge is -2.33. The van der Waals surface area contributed by atoms with Gasteiger partial charge in [-0.25, -0.2) is 0 Å². The lowest BCUT2D eigenvalue weighted by molar-refractivity contribution is -0.0824. The molecule has 22 heavy (non-hydrogen) atoms. The molecule has 1 fully saturated rings. The Kier molecular flexibility index (Phi) is 7.41. The van der Waals surface area contributed by atoms with Crippen LogP contribution in [0.15, 0.2) is 55.1 Å². The highest BCUT2D eigenvalue weighted by atomic mass is 16.5. The van der Waals surface area contributed by atoms with Gasteiger partial charge in [-0.2, -0.15) is 0 Å². The first kappa shape index (κ1) is 17.0. The summed E-state index contributed by atoms with van der Waals surface area (Å²) in [5.74, 6) is 0.476. The molecule has 0 bridgehead atoms. The smallest absolute Gasteiger partial charge is 0.0869 e. The molecule has 1 N–H and O–H groups in total. The van der Waals surface area contributed by atoms with Crippen molar-refractivity contribution in [3.63, 3.8) is 0 Å². The Labute approximate surface area is 134 Å². The van der Waals surface area contributed by atoms with Gasteiger partial charge in [-0.3, -0.25) is 0 Å². The molecule has 2 atom stereocenters. The molecule has 1 aromatic rings. The fourth-order valence-electron chi connectivity index (χ4n) is 3.24. The molecule has 0 amide bonds. The van der Waals surface area contributed by atoms with Crippen molar-refractivity contribution in [3.05, 3.63) is 60.7 Å². The van der Waals surface area contributed by atoms with Gasteiger partial charge in [0.15, 0.2) is 0 Å². The summed E-state index contributed by atoms with van der Waals surface area (Å²) in [5.41, 5.74) is 1.16. The number of aliphatic hydroxyl groups excluding tert-OH is 1. The van der Waals surface area contributed by atoms with Gasteiger partial charge >= 0.3 is 0 Å². The van der Waals surface area contributed by atoms with Crippen LogP contribution in [-0.2, 0) is 11.3 Å². The molecule has 1 aliphatic rings. The number of allylic oxidation sites excluding steroid dienone is 2. The second-order valence-electron chi connectivity index (χ2n) is 6.13. The van der Waals surface area contributed by atoms with Gasteiger partial charge < -0.3 is 9.84 Å². The van der Waals surface area contributed by atoms with E-state index in [-0.39, 0.29) is 6.10 Å². The zero-order chi connectivity index (χ0) is 15.6. The van der Waals surface area contributed by atoms with E-state index < -0.39 is 6.10 Å². The highest BCUT2D eigenvalue weighted by Crippen LogP contribution is 2.31. The predicted molar refractivity (Wildman–Crippen MR) is 91.6 cm³/mol. The van der Waals surface area contributed by atoms with Crippen molar-refractivity contribution >= 4 is 0 Å². The molecule has 2 rings (SSSR count). The number of hydrogen-bond donors (Lipinski definition) is 1. The summed E-state index contributed by atoms with van der Waals surface area (Å²) in [6, 6.07) is 10.2. The Morgan fingerprint density at radius 3 is 2.59 bits per heavy atom. The third-order valence-corrected chi connectivity index (χ3v) is 4.43. The van der Waals surface area contributed by atoms with Crippen molar-refractivity contribution in [2.24, 2.45) is 5.92 Å². The zero-order valence-corrected chi connectivity index (χ0v) is 13.4. The average molecular weight is 300 g/mol. The maximum absolute atomic E-state index is 10.6. The van der Waals surface area contributed by atoms with Gasteiger partial charge in [0.1, 0.15) is 0 Å². The molecule has 120 valence electrons. The lowest BCUT2D eigenvalue weighted by Crippen LogP contribution is -2.37. The molecule has 0 aromatic heterocycles. The van der Waals surface area contributed by atoms with Gasteiger partial charge in [-0.05, 0) is 30.7 Å². The van der Waals surface area contributed by atoms with E-state index in [4.69, 9.17) is 4.74 Å². The second-order valence-corrected chi connectivity index (χ2v) is 6.13. The maximum atomic E-state index is 10.6. The van der Waals surface area contributed by atoms with Crippen LogP contribution < -0.4 is 0 Å². The topological polar surface area (TPSA) is 29.5 Å². The van der Waals surface area contributed by atoms with Crippen LogP contribution in [0.5, 0.6) is 0 Å². The minimum absolute atomic E-state index is 0.0741. The molecular weight excluding hydrogens is 272 g/mol. The van der Waals surface area contributed by atoms with Crippen molar-refractivity contribution in [2.75, 3.05) is 0 Å². The molecule has 2 heteroatoms. The van der Waals surface area contributed by atoms with Crippen molar-refractivity contribution in [1.29, 1.82) is 0 Å². The summed E-state index contributed by atoms with van der Waals surface area (Å²) in [4.78, 5) is 0. The minimum Gasteiger partial charge on any atom is -0.390 e. The van der Waals surface area contributed by atoms with Gasteiger partial charge in [-0.15, -0.1) is 0 Å². The number of ether oxygens (including phenoxy) is 1. The molecule has 1 saturated carbocycles. The number of benzene rings is 1. The molecule has 0 aliphatic heterocycles. The minimum atomic E-state index is -0.442. The van der Waals surface area contributed by atoms with Crippen molar-refractivity contribution < 1.29 is 9.84 Å². The normalized spacial score (nSPS) is 19.1. The third kappa shape index (κ3) is 5.43. The van der Waals surface area contributed by atoms with E-state index in [1.165, 1.54) is 32.1 Å². The van der Waals surface area contributed by atoms with Crippen LogP contribution in [-0.4, -0.2) is 17.3 Å². The summed E-state index contributed by atoms with van der Waals surface area (Å²) in [7, 11) is 0. The number of rotatable bonds is 8. The Morgan fingerprint density at radius 2 is 1.91 bits per heavy atom. The SMILES string of the molecule is C=C/C=C/C[C@@H](O)[C@H](OCc1ccccc1)C1CCCCC1. The van der Waals surface area contributed by atoms with E-state index in [2.05, 4.69) is 18.7 Å². The fourth-order valence-corrected chi connectivity index (χ4v) is 3.24. The van der Waals surface area contributed by atoms with Crippen LogP contribution in [0.1, 0.15) is 44.1 Å².